The van der Waals surface area contributed by atoms with Crippen molar-refractivity contribution >= 4 is 44.7 Å². The highest BCUT2D eigenvalue weighted by atomic mass is 79.9. The van der Waals surface area contributed by atoms with Crippen LogP contribution in [0.25, 0.3) is 0 Å². The van der Waals surface area contributed by atoms with E-state index in [1.165, 1.54) is 11.3 Å². The lowest BCUT2D eigenvalue weighted by Gasteiger charge is -2.02. The summed E-state index contributed by atoms with van der Waals surface area (Å²) in [6.07, 6.45) is 0. The van der Waals surface area contributed by atoms with Crippen molar-refractivity contribution < 1.29 is 4.79 Å². The van der Waals surface area contributed by atoms with Crippen LogP contribution in [0, 0.1) is 6.92 Å². The number of aryl methyl sites for hydroxylation is 1. The third-order valence-corrected chi connectivity index (χ3v) is 4.05. The predicted octanol–water partition coefficient (Wildman–Crippen LogP) is 4.70. The molecule has 0 bridgehead atoms. The van der Waals surface area contributed by atoms with Crippen LogP contribution in [-0.4, -0.2) is 5.78 Å². The van der Waals surface area contributed by atoms with Crippen molar-refractivity contribution in [3.8, 4) is 0 Å². The van der Waals surface area contributed by atoms with Gasteiger partial charge in [0.1, 0.15) is 0 Å². The van der Waals surface area contributed by atoms with E-state index in [-0.39, 0.29) is 5.78 Å². The molecule has 0 saturated heterocycles. The highest BCUT2D eigenvalue weighted by Crippen LogP contribution is 2.27. The molecule has 82 valence electrons. The molecule has 0 atom stereocenters. The number of thiophene rings is 1. The van der Waals surface area contributed by atoms with Gasteiger partial charge in [-0.25, -0.2) is 0 Å². The van der Waals surface area contributed by atoms with Crippen LogP contribution in [-0.2, 0) is 0 Å². The van der Waals surface area contributed by atoms with Gasteiger partial charge in [-0.3, -0.25) is 4.79 Å². The Kier molecular flexibility index (Phi) is 3.47. The van der Waals surface area contributed by atoms with Crippen molar-refractivity contribution in [1.29, 1.82) is 0 Å². The molecule has 0 unspecified atom stereocenters. The Hall–Kier alpha value is -0.640. The molecule has 0 N–H and O–H groups in total. The monoisotopic (exact) mass is 314 g/mol. The summed E-state index contributed by atoms with van der Waals surface area (Å²) in [4.78, 5) is 12.8. The van der Waals surface area contributed by atoms with Gasteiger partial charge in [-0.1, -0.05) is 33.6 Å². The van der Waals surface area contributed by atoms with Gasteiger partial charge in [-0.2, -0.15) is 0 Å². The minimum atomic E-state index is 0.00350. The Labute approximate surface area is 111 Å². The van der Waals surface area contributed by atoms with Crippen LogP contribution in [0.3, 0.4) is 0 Å². The molecule has 0 fully saturated rings. The number of hydrogen-bond donors (Lipinski definition) is 0. The average molecular weight is 316 g/mol. The van der Waals surface area contributed by atoms with E-state index in [1.54, 1.807) is 12.1 Å². The lowest BCUT2D eigenvalue weighted by molar-refractivity contribution is 0.104. The van der Waals surface area contributed by atoms with Crippen molar-refractivity contribution in [2.45, 2.75) is 6.92 Å². The summed E-state index contributed by atoms with van der Waals surface area (Å²) in [6.45, 7) is 1.99. The molecular weight excluding hydrogens is 308 g/mol. The second kappa shape index (κ2) is 4.70. The molecule has 1 heterocycles. The lowest BCUT2D eigenvalue weighted by atomic mass is 10.1. The van der Waals surface area contributed by atoms with Crippen molar-refractivity contribution in [2.24, 2.45) is 0 Å². The molecule has 1 nitrogen and oxygen atoms in total. The van der Waals surface area contributed by atoms with Gasteiger partial charge in [0, 0.05) is 10.0 Å². The average Bonchev–Trinajstić information content (AvgIpc) is 2.64. The quantitative estimate of drug-likeness (QED) is 0.734. The van der Waals surface area contributed by atoms with Crippen molar-refractivity contribution in [3.05, 3.63) is 55.1 Å². The van der Waals surface area contributed by atoms with Gasteiger partial charge >= 0.3 is 0 Å². The molecule has 0 saturated carbocycles. The SMILES string of the molecule is Cc1ccc(C(=O)c2ccc(Cl)s2)c(Br)c1. The molecule has 0 aliphatic heterocycles. The van der Waals surface area contributed by atoms with E-state index in [0.717, 1.165) is 10.0 Å². The van der Waals surface area contributed by atoms with E-state index >= 15 is 0 Å². The van der Waals surface area contributed by atoms with E-state index in [4.69, 9.17) is 11.6 Å². The van der Waals surface area contributed by atoms with Gasteiger partial charge in [0.25, 0.3) is 0 Å². The summed E-state index contributed by atoms with van der Waals surface area (Å²) in [5.41, 5.74) is 1.79. The number of benzene rings is 1. The lowest BCUT2D eigenvalue weighted by Crippen LogP contribution is -1.99. The first-order chi connectivity index (χ1) is 7.58. The van der Waals surface area contributed by atoms with Crippen molar-refractivity contribution in [3.63, 3.8) is 0 Å². The third-order valence-electron chi connectivity index (χ3n) is 2.17. The standard InChI is InChI=1S/C12H8BrClOS/c1-7-2-3-8(9(13)6-7)12(15)10-4-5-11(14)16-10/h2-6H,1H3. The summed E-state index contributed by atoms with van der Waals surface area (Å²) in [5.74, 6) is 0.00350. The Bertz CT molecular complexity index is 548. The topological polar surface area (TPSA) is 17.1 Å². The highest BCUT2D eigenvalue weighted by Gasteiger charge is 2.14. The first kappa shape index (κ1) is 11.8. The van der Waals surface area contributed by atoms with Gasteiger partial charge in [-0.05, 0) is 36.8 Å². The Morgan fingerprint density at radius 3 is 2.62 bits per heavy atom. The molecule has 0 spiro atoms. The summed E-state index contributed by atoms with van der Waals surface area (Å²) in [7, 11) is 0. The number of hydrogen-bond acceptors (Lipinski definition) is 2. The molecule has 16 heavy (non-hydrogen) atoms. The zero-order chi connectivity index (χ0) is 11.7. The largest absolute Gasteiger partial charge is 0.288 e. The van der Waals surface area contributed by atoms with Crippen LogP contribution in [0.4, 0.5) is 0 Å². The highest BCUT2D eigenvalue weighted by molar-refractivity contribution is 9.10. The maximum Gasteiger partial charge on any atom is 0.204 e. The number of rotatable bonds is 2. The number of carbonyl (C=O) groups is 1. The Morgan fingerprint density at radius 1 is 1.31 bits per heavy atom. The maximum atomic E-state index is 12.1. The molecular formula is C12H8BrClOS. The summed E-state index contributed by atoms with van der Waals surface area (Å²) in [5, 5.41) is 0. The fraction of sp³-hybridized carbons (Fsp3) is 0.0833. The fourth-order valence-corrected chi connectivity index (χ4v) is 3.04. The number of ketones is 1. The molecule has 0 radical (unpaired) electrons. The van der Waals surface area contributed by atoms with E-state index in [1.807, 2.05) is 25.1 Å². The van der Waals surface area contributed by atoms with Crippen LogP contribution < -0.4 is 0 Å². The fourth-order valence-electron chi connectivity index (χ4n) is 1.37. The van der Waals surface area contributed by atoms with Crippen LogP contribution in [0.2, 0.25) is 4.34 Å². The van der Waals surface area contributed by atoms with Crippen LogP contribution in [0.5, 0.6) is 0 Å². The molecule has 2 aromatic rings. The van der Waals surface area contributed by atoms with Gasteiger partial charge in [0.15, 0.2) is 0 Å². The van der Waals surface area contributed by atoms with E-state index in [0.29, 0.717) is 14.8 Å². The number of carbonyl (C=O) groups excluding carboxylic acids is 1. The Morgan fingerprint density at radius 2 is 2.06 bits per heavy atom. The van der Waals surface area contributed by atoms with Gasteiger partial charge in [-0.15, -0.1) is 11.3 Å². The minimum Gasteiger partial charge on any atom is -0.288 e. The van der Waals surface area contributed by atoms with Crippen molar-refractivity contribution in [2.75, 3.05) is 0 Å². The van der Waals surface area contributed by atoms with E-state index < -0.39 is 0 Å². The van der Waals surface area contributed by atoms with Crippen LogP contribution in [0.15, 0.2) is 34.8 Å². The molecule has 4 heteroatoms. The van der Waals surface area contributed by atoms with Gasteiger partial charge < -0.3 is 0 Å². The molecule has 0 amide bonds. The van der Waals surface area contributed by atoms with Crippen LogP contribution >= 0.6 is 38.9 Å². The number of halogens is 2. The first-order valence-corrected chi connectivity index (χ1v) is 6.63. The van der Waals surface area contributed by atoms with E-state index in [9.17, 15) is 4.79 Å². The van der Waals surface area contributed by atoms with Gasteiger partial charge in [0.05, 0.1) is 9.21 Å². The zero-order valence-electron chi connectivity index (χ0n) is 8.46. The van der Waals surface area contributed by atoms with Crippen LogP contribution in [0.1, 0.15) is 20.8 Å². The first-order valence-electron chi connectivity index (χ1n) is 4.64. The van der Waals surface area contributed by atoms with Gasteiger partial charge in [0.2, 0.25) is 5.78 Å². The Balaban J connectivity index is 2.41. The van der Waals surface area contributed by atoms with E-state index in [2.05, 4.69) is 15.9 Å². The van der Waals surface area contributed by atoms with Crippen molar-refractivity contribution in [1.82, 2.24) is 0 Å². The minimum absolute atomic E-state index is 0.00350. The smallest absolute Gasteiger partial charge is 0.204 e. The molecule has 1 aromatic heterocycles. The normalized spacial score (nSPS) is 10.4. The molecule has 1 aromatic carbocycles. The predicted molar refractivity (Wildman–Crippen MR) is 71.6 cm³/mol. The second-order valence-corrected chi connectivity index (χ2v) is 5.99. The maximum absolute atomic E-state index is 12.1. The zero-order valence-corrected chi connectivity index (χ0v) is 11.6. The second-order valence-electron chi connectivity index (χ2n) is 3.42. The molecule has 2 rings (SSSR count). The third kappa shape index (κ3) is 2.37. The summed E-state index contributed by atoms with van der Waals surface area (Å²) >= 11 is 10.5. The molecule has 0 aliphatic rings. The molecule has 0 aliphatic carbocycles. The summed E-state index contributed by atoms with van der Waals surface area (Å²) in [6, 6.07) is 9.17. The summed E-state index contributed by atoms with van der Waals surface area (Å²) < 4.78 is 1.45.